The number of nitrogens with one attached hydrogen (secondary N) is 1. The minimum atomic E-state index is -0.143. The van der Waals surface area contributed by atoms with Gasteiger partial charge in [0.1, 0.15) is 5.78 Å². The molecule has 4 heteroatoms. The Labute approximate surface area is 127 Å². The molecule has 2 heterocycles. The summed E-state index contributed by atoms with van der Waals surface area (Å²) in [5.41, 5.74) is 2.20. The second-order valence-corrected chi connectivity index (χ2v) is 7.21. The molecule has 1 saturated carbocycles. The van der Waals surface area contributed by atoms with Crippen LogP contribution in [0.5, 0.6) is 0 Å². The molecule has 1 aliphatic carbocycles. The second kappa shape index (κ2) is 5.91. The molecule has 0 unspecified atom stereocenters. The molecule has 1 aliphatic heterocycles. The molecule has 1 aromatic heterocycles. The lowest BCUT2D eigenvalue weighted by Crippen LogP contribution is -2.49. The molecule has 21 heavy (non-hydrogen) atoms. The molecule has 0 saturated heterocycles. The van der Waals surface area contributed by atoms with E-state index in [9.17, 15) is 4.79 Å². The molecule has 0 atom stereocenters. The van der Waals surface area contributed by atoms with E-state index in [1.807, 2.05) is 0 Å². The standard InChI is InChI=1S/C17H27N3O/c1-17(2)16-15(18-12-19-16)8-9-20(17)11-14(21)10-13-6-4-3-5-7-13/h12-13H,3-11H2,1-2H3,(H,18,19). The van der Waals surface area contributed by atoms with Crippen LogP contribution in [0.25, 0.3) is 0 Å². The molecule has 1 fully saturated rings. The number of carbonyl (C=O) groups excluding carboxylic acids is 1. The number of hydrogen-bond acceptors (Lipinski definition) is 3. The molecular weight excluding hydrogens is 262 g/mol. The Morgan fingerprint density at radius 1 is 1.38 bits per heavy atom. The van der Waals surface area contributed by atoms with Gasteiger partial charge in [-0.05, 0) is 19.8 Å². The van der Waals surface area contributed by atoms with Crippen molar-refractivity contribution < 1.29 is 4.79 Å². The highest BCUT2D eigenvalue weighted by Gasteiger charge is 2.37. The van der Waals surface area contributed by atoms with Crippen LogP contribution in [0.1, 0.15) is 63.8 Å². The van der Waals surface area contributed by atoms with Crippen molar-refractivity contribution >= 4 is 5.78 Å². The number of carbonyl (C=O) groups is 1. The fourth-order valence-corrected chi connectivity index (χ4v) is 3.98. The van der Waals surface area contributed by atoms with Gasteiger partial charge >= 0.3 is 0 Å². The van der Waals surface area contributed by atoms with Crippen LogP contribution in [0.15, 0.2) is 6.33 Å². The Morgan fingerprint density at radius 3 is 2.90 bits per heavy atom. The van der Waals surface area contributed by atoms with E-state index in [4.69, 9.17) is 0 Å². The molecule has 3 rings (SSSR count). The van der Waals surface area contributed by atoms with E-state index in [1.165, 1.54) is 37.8 Å². The smallest absolute Gasteiger partial charge is 0.147 e. The zero-order valence-electron chi connectivity index (χ0n) is 13.3. The normalized spacial score (nSPS) is 23.0. The summed E-state index contributed by atoms with van der Waals surface area (Å²) in [6.07, 6.45) is 9.99. The van der Waals surface area contributed by atoms with Gasteiger partial charge in [0.05, 0.1) is 24.1 Å². The summed E-state index contributed by atoms with van der Waals surface area (Å²) in [6, 6.07) is 0. The van der Waals surface area contributed by atoms with Crippen molar-refractivity contribution in [3.05, 3.63) is 17.7 Å². The second-order valence-electron chi connectivity index (χ2n) is 7.21. The molecule has 0 aromatic carbocycles. The van der Waals surface area contributed by atoms with Crippen molar-refractivity contribution in [3.63, 3.8) is 0 Å². The first kappa shape index (κ1) is 14.8. The van der Waals surface area contributed by atoms with Crippen LogP contribution in [-0.4, -0.2) is 33.7 Å². The Hall–Kier alpha value is -1.16. The molecule has 0 radical (unpaired) electrons. The lowest BCUT2D eigenvalue weighted by molar-refractivity contribution is -0.123. The summed E-state index contributed by atoms with van der Waals surface area (Å²) >= 11 is 0. The Bertz CT molecular complexity index is 500. The molecule has 2 aliphatic rings. The van der Waals surface area contributed by atoms with Crippen molar-refractivity contribution in [2.45, 2.75) is 64.3 Å². The van der Waals surface area contributed by atoms with E-state index in [0.717, 1.165) is 25.1 Å². The third kappa shape index (κ3) is 3.05. The van der Waals surface area contributed by atoms with Crippen molar-refractivity contribution in [1.29, 1.82) is 0 Å². The SMILES string of the molecule is CC1(C)c2nc[nH]c2CCN1CC(=O)CC1CCCCC1. The minimum absolute atomic E-state index is 0.143. The summed E-state index contributed by atoms with van der Waals surface area (Å²) in [6.45, 7) is 5.88. The van der Waals surface area contributed by atoms with Gasteiger partial charge in [0.25, 0.3) is 0 Å². The van der Waals surface area contributed by atoms with E-state index >= 15 is 0 Å². The van der Waals surface area contributed by atoms with Crippen molar-refractivity contribution in [3.8, 4) is 0 Å². The highest BCUT2D eigenvalue weighted by Crippen LogP contribution is 2.33. The molecule has 0 amide bonds. The van der Waals surface area contributed by atoms with Gasteiger partial charge in [-0.2, -0.15) is 0 Å². The van der Waals surface area contributed by atoms with E-state index < -0.39 is 0 Å². The number of nitrogens with zero attached hydrogens (tertiary/aromatic N) is 2. The van der Waals surface area contributed by atoms with Gasteiger partial charge in [-0.3, -0.25) is 9.69 Å². The van der Waals surface area contributed by atoms with Crippen molar-refractivity contribution in [1.82, 2.24) is 14.9 Å². The highest BCUT2D eigenvalue weighted by atomic mass is 16.1. The summed E-state index contributed by atoms with van der Waals surface area (Å²) in [7, 11) is 0. The lowest BCUT2D eigenvalue weighted by Gasteiger charge is -2.41. The van der Waals surface area contributed by atoms with Gasteiger partial charge in [-0.15, -0.1) is 0 Å². The monoisotopic (exact) mass is 289 g/mol. The predicted molar refractivity (Wildman–Crippen MR) is 83.1 cm³/mol. The van der Waals surface area contributed by atoms with E-state index in [1.54, 1.807) is 6.33 Å². The van der Waals surface area contributed by atoms with Crippen LogP contribution in [0, 0.1) is 5.92 Å². The highest BCUT2D eigenvalue weighted by molar-refractivity contribution is 5.80. The van der Waals surface area contributed by atoms with Gasteiger partial charge in [0.15, 0.2) is 0 Å². The number of H-pyrrole nitrogens is 1. The molecule has 0 bridgehead atoms. The molecule has 4 nitrogen and oxygen atoms in total. The van der Waals surface area contributed by atoms with Gasteiger partial charge in [-0.25, -0.2) is 4.98 Å². The first-order chi connectivity index (χ1) is 10.1. The van der Waals surface area contributed by atoms with Crippen LogP contribution in [0.2, 0.25) is 0 Å². The Kier molecular flexibility index (Phi) is 4.16. The largest absolute Gasteiger partial charge is 0.348 e. The summed E-state index contributed by atoms with van der Waals surface area (Å²) < 4.78 is 0. The number of Topliss-reactive ketones (excluding diaryl/α,β-unsaturated/α-hetero) is 1. The fraction of sp³-hybridized carbons (Fsp3) is 0.765. The van der Waals surface area contributed by atoms with Gasteiger partial charge < -0.3 is 4.98 Å². The number of rotatable bonds is 4. The van der Waals surface area contributed by atoms with Gasteiger partial charge in [0.2, 0.25) is 0 Å². The third-order valence-electron chi connectivity index (χ3n) is 5.33. The number of hydrogen-bond donors (Lipinski definition) is 1. The average molecular weight is 289 g/mol. The van der Waals surface area contributed by atoms with Crippen LogP contribution >= 0.6 is 0 Å². The summed E-state index contributed by atoms with van der Waals surface area (Å²) in [4.78, 5) is 22.5. The molecule has 116 valence electrons. The molecule has 0 spiro atoms. The topological polar surface area (TPSA) is 49.0 Å². The number of ketones is 1. The number of imidazole rings is 1. The molecule has 1 aromatic rings. The maximum absolute atomic E-state index is 12.4. The summed E-state index contributed by atoms with van der Waals surface area (Å²) in [5, 5.41) is 0. The van der Waals surface area contributed by atoms with Crippen LogP contribution in [-0.2, 0) is 16.8 Å². The number of fused-ring (bicyclic) bond motifs is 1. The zero-order chi connectivity index (χ0) is 14.9. The van der Waals surface area contributed by atoms with E-state index in [0.29, 0.717) is 18.2 Å². The quantitative estimate of drug-likeness (QED) is 0.927. The van der Waals surface area contributed by atoms with E-state index in [-0.39, 0.29) is 5.54 Å². The maximum atomic E-state index is 12.4. The predicted octanol–water partition coefficient (Wildman–Crippen LogP) is 3.04. The fourth-order valence-electron chi connectivity index (χ4n) is 3.98. The number of aromatic nitrogens is 2. The van der Waals surface area contributed by atoms with Gasteiger partial charge in [-0.1, -0.05) is 32.1 Å². The zero-order valence-corrected chi connectivity index (χ0v) is 13.3. The average Bonchev–Trinajstić information content (AvgIpc) is 2.93. The Balaban J connectivity index is 1.61. The van der Waals surface area contributed by atoms with E-state index in [2.05, 4.69) is 28.7 Å². The first-order valence-electron chi connectivity index (χ1n) is 8.37. The van der Waals surface area contributed by atoms with Crippen molar-refractivity contribution in [2.24, 2.45) is 5.92 Å². The molecular formula is C17H27N3O. The number of aromatic amines is 1. The maximum Gasteiger partial charge on any atom is 0.147 e. The van der Waals surface area contributed by atoms with Crippen LogP contribution in [0.4, 0.5) is 0 Å². The minimum Gasteiger partial charge on any atom is -0.348 e. The lowest BCUT2D eigenvalue weighted by atomic mass is 9.85. The van der Waals surface area contributed by atoms with Crippen LogP contribution < -0.4 is 0 Å². The Morgan fingerprint density at radius 2 is 2.14 bits per heavy atom. The first-order valence-corrected chi connectivity index (χ1v) is 8.37. The van der Waals surface area contributed by atoms with Crippen LogP contribution in [0.3, 0.4) is 0 Å². The molecule has 1 N–H and O–H groups in total. The van der Waals surface area contributed by atoms with Gasteiger partial charge in [0, 0.05) is 25.1 Å². The van der Waals surface area contributed by atoms with Crippen molar-refractivity contribution in [2.75, 3.05) is 13.1 Å². The third-order valence-corrected chi connectivity index (χ3v) is 5.33. The summed E-state index contributed by atoms with van der Waals surface area (Å²) in [5.74, 6) is 1.05.